The van der Waals surface area contributed by atoms with Crippen LogP contribution in [0.5, 0.6) is 0 Å². The molecule has 3 nitrogen and oxygen atoms in total. The van der Waals surface area contributed by atoms with Crippen molar-refractivity contribution in [2.45, 2.75) is 6.92 Å². The van der Waals surface area contributed by atoms with Crippen LogP contribution < -0.4 is 5.32 Å². The van der Waals surface area contributed by atoms with Gasteiger partial charge >= 0.3 is 0 Å². The fraction of sp³-hybridized carbons (Fsp3) is 0.0667. The molecule has 0 saturated heterocycles. The van der Waals surface area contributed by atoms with Gasteiger partial charge in [-0.2, -0.15) is 0 Å². The van der Waals surface area contributed by atoms with Crippen LogP contribution in [-0.4, -0.2) is 11.7 Å². The summed E-state index contributed by atoms with van der Waals surface area (Å²) in [4.78, 5) is 23.3. The zero-order valence-electron chi connectivity index (χ0n) is 10.6. The molecule has 2 aromatic rings. The van der Waals surface area contributed by atoms with Gasteiger partial charge in [0.05, 0.1) is 5.56 Å². The highest BCUT2D eigenvalue weighted by molar-refractivity contribution is 9.10. The predicted octanol–water partition coefficient (Wildman–Crippen LogP) is 4.56. The Kier molecular flexibility index (Phi) is 4.57. The van der Waals surface area contributed by atoms with E-state index in [1.807, 2.05) is 0 Å². The molecule has 0 heterocycles. The number of hydrogen-bond acceptors (Lipinski definition) is 2. The van der Waals surface area contributed by atoms with Crippen LogP contribution in [0.15, 0.2) is 46.9 Å². The Morgan fingerprint density at radius 2 is 1.75 bits per heavy atom. The molecule has 5 heteroatoms. The van der Waals surface area contributed by atoms with Crippen molar-refractivity contribution in [2.24, 2.45) is 0 Å². The maximum absolute atomic E-state index is 12.1. The molecule has 0 bridgehead atoms. The first-order chi connectivity index (χ1) is 9.47. The van der Waals surface area contributed by atoms with Gasteiger partial charge in [-0.15, -0.1) is 0 Å². The number of halogens is 2. The van der Waals surface area contributed by atoms with Crippen LogP contribution in [0.2, 0.25) is 5.02 Å². The van der Waals surface area contributed by atoms with Gasteiger partial charge in [-0.25, -0.2) is 0 Å². The molecule has 2 aromatic carbocycles. The maximum atomic E-state index is 12.1. The number of carbonyl (C=O) groups is 2. The highest BCUT2D eigenvalue weighted by atomic mass is 79.9. The fourth-order valence-electron chi connectivity index (χ4n) is 1.66. The Hall–Kier alpha value is -1.65. The van der Waals surface area contributed by atoms with Gasteiger partial charge < -0.3 is 5.32 Å². The number of anilines is 1. The third-order valence-corrected chi connectivity index (χ3v) is 3.62. The zero-order chi connectivity index (χ0) is 14.7. The van der Waals surface area contributed by atoms with Crippen molar-refractivity contribution in [2.75, 3.05) is 5.32 Å². The number of benzene rings is 2. The van der Waals surface area contributed by atoms with Gasteiger partial charge in [-0.1, -0.05) is 11.6 Å². The van der Waals surface area contributed by atoms with E-state index in [4.69, 9.17) is 11.6 Å². The molecular weight excluding hydrogens is 342 g/mol. The van der Waals surface area contributed by atoms with Crippen LogP contribution in [0.3, 0.4) is 0 Å². The predicted molar refractivity (Wildman–Crippen MR) is 83.6 cm³/mol. The first kappa shape index (κ1) is 14.8. The lowest BCUT2D eigenvalue weighted by Crippen LogP contribution is -2.12. The summed E-state index contributed by atoms with van der Waals surface area (Å²) in [7, 11) is 0. The first-order valence-corrected chi connectivity index (χ1v) is 7.02. The van der Waals surface area contributed by atoms with Gasteiger partial charge in [0.15, 0.2) is 5.78 Å². The average Bonchev–Trinajstić information content (AvgIpc) is 2.39. The lowest BCUT2D eigenvalue weighted by Gasteiger charge is -2.07. The quantitative estimate of drug-likeness (QED) is 0.823. The van der Waals surface area contributed by atoms with Gasteiger partial charge in [0.25, 0.3) is 5.91 Å². The minimum atomic E-state index is -0.246. The molecule has 0 aliphatic rings. The summed E-state index contributed by atoms with van der Waals surface area (Å²) in [6.07, 6.45) is 0. The third kappa shape index (κ3) is 3.46. The first-order valence-electron chi connectivity index (χ1n) is 5.85. The minimum absolute atomic E-state index is 0.0108. The van der Waals surface area contributed by atoms with Crippen molar-refractivity contribution in [3.05, 3.63) is 63.1 Å². The summed E-state index contributed by atoms with van der Waals surface area (Å²) in [5, 5.41) is 3.32. The van der Waals surface area contributed by atoms with Gasteiger partial charge in [-0.05, 0) is 65.3 Å². The fourth-order valence-corrected chi connectivity index (χ4v) is 2.52. The summed E-state index contributed by atoms with van der Waals surface area (Å²) in [5.74, 6) is -0.257. The number of Topliss-reactive ketones (excluding diaryl/α,β-unsaturated/α-hetero) is 1. The average molecular weight is 353 g/mol. The van der Waals surface area contributed by atoms with E-state index in [1.54, 1.807) is 42.5 Å². The second-order valence-electron chi connectivity index (χ2n) is 4.21. The molecule has 0 radical (unpaired) electrons. The van der Waals surface area contributed by atoms with Crippen molar-refractivity contribution in [3.63, 3.8) is 0 Å². The van der Waals surface area contributed by atoms with E-state index >= 15 is 0 Å². The number of nitrogens with one attached hydrogen (secondary N) is 1. The molecule has 0 unspecified atom stereocenters. The molecule has 0 spiro atoms. The van der Waals surface area contributed by atoms with E-state index < -0.39 is 0 Å². The summed E-state index contributed by atoms with van der Waals surface area (Å²) in [6, 6.07) is 11.7. The smallest absolute Gasteiger partial charge is 0.256 e. The molecule has 0 fully saturated rings. The summed E-state index contributed by atoms with van der Waals surface area (Å²) >= 11 is 9.14. The van der Waals surface area contributed by atoms with Crippen molar-refractivity contribution >= 4 is 44.9 Å². The third-order valence-electron chi connectivity index (χ3n) is 2.73. The molecule has 0 aromatic heterocycles. The molecular formula is C15H11BrClNO2. The largest absolute Gasteiger partial charge is 0.322 e. The topological polar surface area (TPSA) is 46.2 Å². The van der Waals surface area contributed by atoms with E-state index in [2.05, 4.69) is 21.2 Å². The van der Waals surface area contributed by atoms with Crippen molar-refractivity contribution in [3.8, 4) is 0 Å². The summed E-state index contributed by atoms with van der Waals surface area (Å²) < 4.78 is 0.628. The van der Waals surface area contributed by atoms with Gasteiger partial charge in [0.2, 0.25) is 0 Å². The van der Waals surface area contributed by atoms with Crippen molar-refractivity contribution < 1.29 is 9.59 Å². The van der Waals surface area contributed by atoms with Gasteiger partial charge in [-0.3, -0.25) is 9.59 Å². The Balaban J connectivity index is 2.17. The molecule has 0 aliphatic heterocycles. The Morgan fingerprint density at radius 3 is 2.30 bits per heavy atom. The lowest BCUT2D eigenvalue weighted by atomic mass is 10.1. The van der Waals surface area contributed by atoms with E-state index in [-0.39, 0.29) is 11.7 Å². The van der Waals surface area contributed by atoms with Gasteiger partial charge in [0.1, 0.15) is 0 Å². The van der Waals surface area contributed by atoms with Crippen LogP contribution in [0.4, 0.5) is 5.69 Å². The van der Waals surface area contributed by atoms with Gasteiger partial charge in [0, 0.05) is 20.7 Å². The standard InChI is InChI=1S/C15H11BrClNO2/c1-9(19)10-2-5-12(6-3-10)18-15(20)13-7-4-11(17)8-14(13)16/h2-8H,1H3,(H,18,20). The van der Waals surface area contributed by atoms with E-state index in [0.29, 0.717) is 26.3 Å². The Morgan fingerprint density at radius 1 is 1.10 bits per heavy atom. The zero-order valence-corrected chi connectivity index (χ0v) is 13.0. The number of hydrogen-bond donors (Lipinski definition) is 1. The Labute approximate surface area is 130 Å². The summed E-state index contributed by atoms with van der Waals surface area (Å²) in [5.41, 5.74) is 1.72. The Bertz CT molecular complexity index is 668. The van der Waals surface area contributed by atoms with Crippen LogP contribution in [-0.2, 0) is 0 Å². The minimum Gasteiger partial charge on any atom is -0.322 e. The van der Waals surface area contributed by atoms with Crippen LogP contribution in [0.1, 0.15) is 27.6 Å². The molecule has 102 valence electrons. The molecule has 1 N–H and O–H groups in total. The van der Waals surface area contributed by atoms with Crippen LogP contribution in [0.25, 0.3) is 0 Å². The van der Waals surface area contributed by atoms with E-state index in [1.165, 1.54) is 6.92 Å². The molecule has 0 atom stereocenters. The SMILES string of the molecule is CC(=O)c1ccc(NC(=O)c2ccc(Cl)cc2Br)cc1. The monoisotopic (exact) mass is 351 g/mol. The maximum Gasteiger partial charge on any atom is 0.256 e. The van der Waals surface area contributed by atoms with Crippen LogP contribution >= 0.6 is 27.5 Å². The lowest BCUT2D eigenvalue weighted by molar-refractivity contribution is 0.101. The number of amides is 1. The molecule has 1 amide bonds. The van der Waals surface area contributed by atoms with Crippen molar-refractivity contribution in [1.82, 2.24) is 0 Å². The molecule has 2 rings (SSSR count). The van der Waals surface area contributed by atoms with Crippen molar-refractivity contribution in [1.29, 1.82) is 0 Å². The molecule has 0 saturated carbocycles. The highest BCUT2D eigenvalue weighted by Crippen LogP contribution is 2.22. The number of rotatable bonds is 3. The molecule has 20 heavy (non-hydrogen) atoms. The molecule has 0 aliphatic carbocycles. The number of carbonyl (C=O) groups excluding carboxylic acids is 2. The highest BCUT2D eigenvalue weighted by Gasteiger charge is 2.10. The van der Waals surface area contributed by atoms with E-state index in [9.17, 15) is 9.59 Å². The number of ketones is 1. The summed E-state index contributed by atoms with van der Waals surface area (Å²) in [6.45, 7) is 1.50. The normalized spacial score (nSPS) is 10.2. The second kappa shape index (κ2) is 6.20. The van der Waals surface area contributed by atoms with E-state index in [0.717, 1.165) is 0 Å². The second-order valence-corrected chi connectivity index (χ2v) is 5.50. The van der Waals surface area contributed by atoms with Crippen LogP contribution in [0, 0.1) is 0 Å².